The highest BCUT2D eigenvalue weighted by molar-refractivity contribution is 5.36. The van der Waals surface area contributed by atoms with Gasteiger partial charge in [0.05, 0.1) is 12.5 Å². The fourth-order valence-electron chi connectivity index (χ4n) is 1.30. The van der Waals surface area contributed by atoms with Crippen LogP contribution in [0.3, 0.4) is 0 Å². The van der Waals surface area contributed by atoms with Gasteiger partial charge < -0.3 is 4.74 Å². The van der Waals surface area contributed by atoms with Gasteiger partial charge in [0.2, 0.25) is 5.88 Å². The highest BCUT2D eigenvalue weighted by Crippen LogP contribution is 2.30. The third-order valence-corrected chi connectivity index (χ3v) is 1.98. The van der Waals surface area contributed by atoms with Gasteiger partial charge in [-0.15, -0.1) is 13.2 Å². The van der Waals surface area contributed by atoms with Crippen LogP contribution in [0.5, 0.6) is 5.88 Å². The minimum Gasteiger partial charge on any atom is -0.388 e. The lowest BCUT2D eigenvalue weighted by Gasteiger charge is -2.13. The molecule has 0 saturated carbocycles. The number of halogens is 5. The summed E-state index contributed by atoms with van der Waals surface area (Å²) in [5.74, 6) is -1.01. The van der Waals surface area contributed by atoms with Crippen LogP contribution in [-0.4, -0.2) is 11.3 Å². The summed E-state index contributed by atoms with van der Waals surface area (Å²) in [5, 5.41) is 8.45. The van der Waals surface area contributed by atoms with Crippen molar-refractivity contribution >= 4 is 0 Å². The molecule has 1 heterocycles. The standard InChI is InChI=1S/C10H7F5N2O/c1-5-4-6(2-3-16)9(18-10(13,14)15)17-7(5)8(11)12/h4,8H,2H2,1H3. The Bertz CT molecular complexity index is 478. The third-order valence-electron chi connectivity index (χ3n) is 1.98. The molecular weight excluding hydrogens is 259 g/mol. The zero-order valence-corrected chi connectivity index (χ0v) is 9.05. The summed E-state index contributed by atoms with van der Waals surface area (Å²) in [5.41, 5.74) is -0.975. The molecule has 0 amide bonds. The van der Waals surface area contributed by atoms with Crippen molar-refractivity contribution in [1.82, 2.24) is 4.98 Å². The number of ether oxygens (including phenoxy) is 1. The number of hydrogen-bond acceptors (Lipinski definition) is 3. The first-order valence-electron chi connectivity index (χ1n) is 4.66. The molecule has 0 saturated heterocycles. The van der Waals surface area contributed by atoms with Gasteiger partial charge >= 0.3 is 6.36 Å². The molecule has 0 aliphatic rings. The molecule has 0 radical (unpaired) electrons. The van der Waals surface area contributed by atoms with Crippen molar-refractivity contribution in [3.8, 4) is 11.9 Å². The van der Waals surface area contributed by atoms with E-state index >= 15 is 0 Å². The van der Waals surface area contributed by atoms with E-state index in [0.29, 0.717) is 0 Å². The van der Waals surface area contributed by atoms with Crippen LogP contribution in [-0.2, 0) is 6.42 Å². The highest BCUT2D eigenvalue weighted by atomic mass is 19.4. The van der Waals surface area contributed by atoms with Crippen molar-refractivity contribution in [3.05, 3.63) is 22.9 Å². The molecule has 0 N–H and O–H groups in total. The second-order valence-electron chi connectivity index (χ2n) is 3.34. The summed E-state index contributed by atoms with van der Waals surface area (Å²) >= 11 is 0. The minimum atomic E-state index is -5.05. The van der Waals surface area contributed by atoms with E-state index < -0.39 is 30.8 Å². The monoisotopic (exact) mass is 266 g/mol. The number of nitriles is 1. The number of hydrogen-bond donors (Lipinski definition) is 0. The smallest absolute Gasteiger partial charge is 0.388 e. The van der Waals surface area contributed by atoms with Gasteiger partial charge in [-0.2, -0.15) is 5.26 Å². The predicted molar refractivity (Wildman–Crippen MR) is 49.9 cm³/mol. The maximum Gasteiger partial charge on any atom is 0.574 e. The van der Waals surface area contributed by atoms with Crippen LogP contribution in [0.15, 0.2) is 6.07 Å². The van der Waals surface area contributed by atoms with Gasteiger partial charge in [-0.1, -0.05) is 0 Å². The second kappa shape index (κ2) is 5.16. The van der Waals surface area contributed by atoms with E-state index in [4.69, 9.17) is 5.26 Å². The van der Waals surface area contributed by atoms with E-state index in [0.717, 1.165) is 6.07 Å². The summed E-state index contributed by atoms with van der Waals surface area (Å²) < 4.78 is 64.7. The molecule has 0 aromatic carbocycles. The summed E-state index contributed by atoms with van der Waals surface area (Å²) in [6.07, 6.45) is -8.48. The zero-order valence-electron chi connectivity index (χ0n) is 9.05. The molecule has 3 nitrogen and oxygen atoms in total. The highest BCUT2D eigenvalue weighted by Gasteiger charge is 2.33. The Kier molecular flexibility index (Phi) is 4.06. The van der Waals surface area contributed by atoms with Crippen LogP contribution >= 0.6 is 0 Å². The quantitative estimate of drug-likeness (QED) is 0.788. The Morgan fingerprint density at radius 3 is 2.50 bits per heavy atom. The van der Waals surface area contributed by atoms with Crippen molar-refractivity contribution in [1.29, 1.82) is 5.26 Å². The van der Waals surface area contributed by atoms with Crippen LogP contribution in [0.4, 0.5) is 22.0 Å². The second-order valence-corrected chi connectivity index (χ2v) is 3.34. The molecule has 8 heteroatoms. The fraction of sp³-hybridized carbons (Fsp3) is 0.400. The van der Waals surface area contributed by atoms with Crippen LogP contribution in [0.2, 0.25) is 0 Å². The number of aromatic nitrogens is 1. The number of aryl methyl sites for hydroxylation is 1. The van der Waals surface area contributed by atoms with E-state index in [1.54, 1.807) is 6.07 Å². The Hall–Kier alpha value is -1.91. The molecule has 0 atom stereocenters. The molecule has 98 valence electrons. The molecule has 0 fully saturated rings. The summed E-state index contributed by atoms with van der Waals surface area (Å²) in [6, 6.07) is 2.65. The van der Waals surface area contributed by atoms with Gasteiger partial charge in [-0.05, 0) is 18.6 Å². The first kappa shape index (κ1) is 14.2. The van der Waals surface area contributed by atoms with Crippen molar-refractivity contribution in [3.63, 3.8) is 0 Å². The lowest BCUT2D eigenvalue weighted by atomic mass is 10.1. The molecular formula is C10H7F5N2O. The summed E-state index contributed by atoms with van der Waals surface area (Å²) in [6.45, 7) is 1.27. The third kappa shape index (κ3) is 3.55. The average molecular weight is 266 g/mol. The first-order chi connectivity index (χ1) is 8.24. The van der Waals surface area contributed by atoms with E-state index in [-0.39, 0.29) is 11.1 Å². The van der Waals surface area contributed by atoms with Crippen molar-refractivity contribution in [2.24, 2.45) is 0 Å². The van der Waals surface area contributed by atoms with Crippen molar-refractivity contribution in [2.45, 2.75) is 26.1 Å². The summed E-state index contributed by atoms with van der Waals surface area (Å²) in [7, 11) is 0. The molecule has 1 aromatic rings. The first-order valence-corrected chi connectivity index (χ1v) is 4.66. The largest absolute Gasteiger partial charge is 0.574 e. The zero-order chi connectivity index (χ0) is 13.9. The molecule has 1 rings (SSSR count). The van der Waals surface area contributed by atoms with E-state index in [1.807, 2.05) is 0 Å². The minimum absolute atomic E-state index is 0.00442. The van der Waals surface area contributed by atoms with Crippen LogP contribution < -0.4 is 4.74 Å². The van der Waals surface area contributed by atoms with Gasteiger partial charge in [0.1, 0.15) is 5.69 Å². The Morgan fingerprint density at radius 1 is 1.44 bits per heavy atom. The number of rotatable bonds is 3. The van der Waals surface area contributed by atoms with E-state index in [9.17, 15) is 22.0 Å². The topological polar surface area (TPSA) is 45.9 Å². The molecule has 0 bridgehead atoms. The average Bonchev–Trinajstić information content (AvgIpc) is 2.19. The Labute approximate surface area is 98.8 Å². The van der Waals surface area contributed by atoms with Gasteiger partial charge in [0, 0.05) is 5.56 Å². The van der Waals surface area contributed by atoms with Crippen LogP contribution in [0.1, 0.15) is 23.2 Å². The Morgan fingerprint density at radius 2 is 2.06 bits per heavy atom. The Balaban J connectivity index is 3.27. The normalized spacial score (nSPS) is 11.4. The van der Waals surface area contributed by atoms with Gasteiger partial charge in [0.25, 0.3) is 6.43 Å². The lowest BCUT2D eigenvalue weighted by molar-refractivity contribution is -0.276. The van der Waals surface area contributed by atoms with E-state index in [2.05, 4.69) is 9.72 Å². The number of pyridine rings is 1. The van der Waals surface area contributed by atoms with Gasteiger partial charge in [0.15, 0.2) is 0 Å². The number of nitrogens with zero attached hydrogens (tertiary/aromatic N) is 2. The van der Waals surface area contributed by atoms with Crippen LogP contribution in [0.25, 0.3) is 0 Å². The molecule has 0 aliphatic heterocycles. The fourth-order valence-corrected chi connectivity index (χ4v) is 1.30. The lowest BCUT2D eigenvalue weighted by Crippen LogP contribution is -2.19. The van der Waals surface area contributed by atoms with Crippen LogP contribution in [0, 0.1) is 18.3 Å². The maximum absolute atomic E-state index is 12.5. The summed E-state index contributed by atoms with van der Waals surface area (Å²) in [4.78, 5) is 3.13. The molecule has 1 aromatic heterocycles. The van der Waals surface area contributed by atoms with Crippen molar-refractivity contribution < 1.29 is 26.7 Å². The molecule has 18 heavy (non-hydrogen) atoms. The predicted octanol–water partition coefficient (Wildman–Crippen LogP) is 3.29. The number of alkyl halides is 5. The molecule has 0 unspecified atom stereocenters. The molecule has 0 spiro atoms. The SMILES string of the molecule is Cc1cc(CC#N)c(OC(F)(F)F)nc1C(F)F. The van der Waals surface area contributed by atoms with Gasteiger partial charge in [-0.25, -0.2) is 13.8 Å². The molecule has 0 aliphatic carbocycles. The van der Waals surface area contributed by atoms with Gasteiger partial charge in [-0.3, -0.25) is 0 Å². The van der Waals surface area contributed by atoms with Crippen molar-refractivity contribution in [2.75, 3.05) is 0 Å². The van der Waals surface area contributed by atoms with E-state index in [1.165, 1.54) is 6.92 Å². The maximum atomic E-state index is 12.5.